The SMILES string of the molecule is CCC(=O)c1ccc(OCC(=O)O[C@@H](C)C(=O)Nc2ccc(F)c(F)c2F)cc1. The molecule has 0 aliphatic carbocycles. The molecular weight excluding hydrogens is 391 g/mol. The summed E-state index contributed by atoms with van der Waals surface area (Å²) in [5, 5.41) is 2.01. The molecule has 0 aliphatic rings. The van der Waals surface area contributed by atoms with Gasteiger partial charge >= 0.3 is 5.97 Å². The lowest BCUT2D eigenvalue weighted by Crippen LogP contribution is -2.32. The van der Waals surface area contributed by atoms with E-state index in [4.69, 9.17) is 9.47 Å². The summed E-state index contributed by atoms with van der Waals surface area (Å²) in [4.78, 5) is 35.3. The van der Waals surface area contributed by atoms with Crippen molar-refractivity contribution in [3.05, 3.63) is 59.4 Å². The zero-order valence-electron chi connectivity index (χ0n) is 15.6. The Hall–Kier alpha value is -3.36. The summed E-state index contributed by atoms with van der Waals surface area (Å²) >= 11 is 0. The second kappa shape index (κ2) is 9.72. The molecule has 2 rings (SSSR count). The van der Waals surface area contributed by atoms with Crippen molar-refractivity contribution < 1.29 is 37.0 Å². The van der Waals surface area contributed by atoms with Crippen molar-refractivity contribution in [3.63, 3.8) is 0 Å². The summed E-state index contributed by atoms with van der Waals surface area (Å²) in [5.41, 5.74) is -0.0769. The van der Waals surface area contributed by atoms with Gasteiger partial charge in [0.15, 0.2) is 35.9 Å². The van der Waals surface area contributed by atoms with Crippen molar-refractivity contribution in [2.24, 2.45) is 0 Å². The first-order chi connectivity index (χ1) is 13.7. The van der Waals surface area contributed by atoms with Crippen molar-refractivity contribution >= 4 is 23.3 Å². The Labute approximate surface area is 164 Å². The van der Waals surface area contributed by atoms with E-state index < -0.39 is 47.7 Å². The highest BCUT2D eigenvalue weighted by atomic mass is 19.2. The largest absolute Gasteiger partial charge is 0.482 e. The zero-order chi connectivity index (χ0) is 21.6. The van der Waals surface area contributed by atoms with Crippen LogP contribution in [0, 0.1) is 17.5 Å². The standard InChI is InChI=1S/C20H18F3NO5/c1-3-16(25)12-4-6-13(7-5-12)28-10-17(26)29-11(2)20(27)24-15-9-8-14(21)18(22)19(15)23/h4-9,11H,3,10H2,1-2H3,(H,24,27)/t11-/m0/s1. The highest BCUT2D eigenvalue weighted by Gasteiger charge is 2.21. The van der Waals surface area contributed by atoms with Gasteiger partial charge in [0, 0.05) is 12.0 Å². The smallest absolute Gasteiger partial charge is 0.344 e. The predicted molar refractivity (Wildman–Crippen MR) is 97.1 cm³/mol. The third kappa shape index (κ3) is 5.81. The van der Waals surface area contributed by atoms with Crippen LogP contribution < -0.4 is 10.1 Å². The summed E-state index contributed by atoms with van der Waals surface area (Å²) in [6, 6.07) is 7.63. The zero-order valence-corrected chi connectivity index (χ0v) is 15.6. The van der Waals surface area contributed by atoms with Crippen LogP contribution in [-0.4, -0.2) is 30.4 Å². The number of esters is 1. The van der Waals surface area contributed by atoms with Crippen LogP contribution in [0.1, 0.15) is 30.6 Å². The number of ketones is 1. The Morgan fingerprint density at radius 2 is 1.66 bits per heavy atom. The number of carbonyl (C=O) groups is 3. The van der Waals surface area contributed by atoms with Crippen LogP contribution in [-0.2, 0) is 14.3 Å². The van der Waals surface area contributed by atoms with Gasteiger partial charge in [-0.1, -0.05) is 6.92 Å². The van der Waals surface area contributed by atoms with Gasteiger partial charge < -0.3 is 14.8 Å². The maximum atomic E-state index is 13.6. The molecule has 9 heteroatoms. The van der Waals surface area contributed by atoms with Crippen LogP contribution in [0.25, 0.3) is 0 Å². The van der Waals surface area contributed by atoms with E-state index in [1.54, 1.807) is 19.1 Å². The predicted octanol–water partition coefficient (Wildman–Crippen LogP) is 3.65. The minimum absolute atomic E-state index is 0.0340. The second-order valence-electron chi connectivity index (χ2n) is 5.93. The van der Waals surface area contributed by atoms with Crippen molar-refractivity contribution in [1.82, 2.24) is 0 Å². The van der Waals surface area contributed by atoms with Crippen molar-refractivity contribution in [2.45, 2.75) is 26.4 Å². The van der Waals surface area contributed by atoms with E-state index in [0.29, 0.717) is 23.8 Å². The van der Waals surface area contributed by atoms with Gasteiger partial charge in [-0.05, 0) is 43.3 Å². The molecule has 1 N–H and O–H groups in total. The maximum Gasteiger partial charge on any atom is 0.344 e. The van der Waals surface area contributed by atoms with Gasteiger partial charge in [-0.3, -0.25) is 9.59 Å². The van der Waals surface area contributed by atoms with Crippen molar-refractivity contribution in [3.8, 4) is 5.75 Å². The minimum Gasteiger partial charge on any atom is -0.482 e. The molecule has 0 saturated heterocycles. The highest BCUT2D eigenvalue weighted by Crippen LogP contribution is 2.20. The summed E-state index contributed by atoms with van der Waals surface area (Å²) in [5.74, 6) is -6.23. The summed E-state index contributed by atoms with van der Waals surface area (Å²) < 4.78 is 49.7. The van der Waals surface area contributed by atoms with Crippen LogP contribution >= 0.6 is 0 Å². The third-order valence-electron chi connectivity index (χ3n) is 3.82. The number of halogens is 3. The second-order valence-corrected chi connectivity index (χ2v) is 5.93. The van der Waals surface area contributed by atoms with Gasteiger partial charge in [0.1, 0.15) is 5.75 Å². The number of anilines is 1. The quantitative estimate of drug-likeness (QED) is 0.409. The summed E-state index contributed by atoms with van der Waals surface area (Å²) in [6.07, 6.45) is -0.982. The molecule has 0 bridgehead atoms. The molecule has 0 aromatic heterocycles. The Bertz CT molecular complexity index is 915. The maximum absolute atomic E-state index is 13.6. The van der Waals surface area contributed by atoms with E-state index in [1.807, 2.05) is 5.32 Å². The Kier molecular flexibility index (Phi) is 7.35. The molecule has 0 unspecified atom stereocenters. The van der Waals surface area contributed by atoms with Crippen LogP contribution in [0.5, 0.6) is 5.75 Å². The lowest BCUT2D eigenvalue weighted by molar-refractivity contribution is -0.155. The first kappa shape index (κ1) is 21.9. The number of amides is 1. The molecule has 6 nitrogen and oxygen atoms in total. The molecule has 1 amide bonds. The molecule has 29 heavy (non-hydrogen) atoms. The van der Waals surface area contributed by atoms with E-state index in [-0.39, 0.29) is 5.78 Å². The lowest BCUT2D eigenvalue weighted by atomic mass is 10.1. The number of nitrogens with one attached hydrogen (secondary N) is 1. The number of hydrogen-bond acceptors (Lipinski definition) is 5. The van der Waals surface area contributed by atoms with Crippen molar-refractivity contribution in [2.75, 3.05) is 11.9 Å². The molecule has 0 aliphatic heterocycles. The fraction of sp³-hybridized carbons (Fsp3) is 0.250. The Morgan fingerprint density at radius 3 is 2.28 bits per heavy atom. The number of rotatable bonds is 8. The van der Waals surface area contributed by atoms with Crippen LogP contribution in [0.4, 0.5) is 18.9 Å². The fourth-order valence-corrected chi connectivity index (χ4v) is 2.22. The number of ether oxygens (including phenoxy) is 2. The van der Waals surface area contributed by atoms with Crippen molar-refractivity contribution in [1.29, 1.82) is 0 Å². The Morgan fingerprint density at radius 1 is 1.00 bits per heavy atom. The number of hydrogen-bond donors (Lipinski definition) is 1. The Balaban J connectivity index is 1.86. The number of benzene rings is 2. The molecule has 2 aromatic rings. The average Bonchev–Trinajstić information content (AvgIpc) is 2.72. The topological polar surface area (TPSA) is 81.7 Å². The van der Waals surface area contributed by atoms with Gasteiger partial charge in [0.2, 0.25) is 0 Å². The van der Waals surface area contributed by atoms with Crippen LogP contribution in [0.2, 0.25) is 0 Å². The van der Waals surface area contributed by atoms with Gasteiger partial charge in [0.05, 0.1) is 5.69 Å². The van der Waals surface area contributed by atoms with Gasteiger partial charge in [0.25, 0.3) is 5.91 Å². The molecule has 0 fully saturated rings. The lowest BCUT2D eigenvalue weighted by Gasteiger charge is -2.14. The molecule has 0 spiro atoms. The fourth-order valence-electron chi connectivity index (χ4n) is 2.22. The highest BCUT2D eigenvalue weighted by molar-refractivity contribution is 5.96. The molecule has 0 saturated carbocycles. The van der Waals surface area contributed by atoms with Crippen LogP contribution in [0.3, 0.4) is 0 Å². The molecule has 2 aromatic carbocycles. The number of carbonyl (C=O) groups excluding carboxylic acids is 3. The normalized spacial score (nSPS) is 11.5. The minimum atomic E-state index is -1.73. The van der Waals surface area contributed by atoms with Gasteiger partial charge in [-0.2, -0.15) is 0 Å². The summed E-state index contributed by atoms with van der Waals surface area (Å²) in [7, 11) is 0. The van der Waals surface area contributed by atoms with Gasteiger partial charge in [-0.25, -0.2) is 18.0 Å². The molecule has 0 radical (unpaired) electrons. The summed E-state index contributed by atoms with van der Waals surface area (Å²) in [6.45, 7) is 2.44. The third-order valence-corrected chi connectivity index (χ3v) is 3.82. The van der Waals surface area contributed by atoms with E-state index in [9.17, 15) is 27.6 Å². The molecule has 1 atom stereocenters. The number of Topliss-reactive ketones (excluding diaryl/α,β-unsaturated/α-hetero) is 1. The first-order valence-corrected chi connectivity index (χ1v) is 8.62. The van der Waals surface area contributed by atoms with Crippen LogP contribution in [0.15, 0.2) is 36.4 Å². The van der Waals surface area contributed by atoms with E-state index in [0.717, 1.165) is 6.07 Å². The monoisotopic (exact) mass is 409 g/mol. The van der Waals surface area contributed by atoms with E-state index in [1.165, 1.54) is 19.1 Å². The average molecular weight is 409 g/mol. The molecule has 154 valence electrons. The van der Waals surface area contributed by atoms with E-state index >= 15 is 0 Å². The van der Waals surface area contributed by atoms with E-state index in [2.05, 4.69) is 0 Å². The first-order valence-electron chi connectivity index (χ1n) is 8.62. The van der Waals surface area contributed by atoms with Gasteiger partial charge in [-0.15, -0.1) is 0 Å². The molecule has 0 heterocycles. The molecular formula is C20H18F3NO5.